The summed E-state index contributed by atoms with van der Waals surface area (Å²) in [5, 5.41) is 14.9. The zero-order valence-corrected chi connectivity index (χ0v) is 22.1. The molecule has 9 heteroatoms. The van der Waals surface area contributed by atoms with Gasteiger partial charge in [0.05, 0.1) is 6.42 Å². The Labute approximate surface area is 226 Å². The number of hydrogen-bond acceptors (Lipinski definition) is 7. The summed E-state index contributed by atoms with van der Waals surface area (Å²) in [7, 11) is 0. The van der Waals surface area contributed by atoms with Gasteiger partial charge in [-0.2, -0.15) is 0 Å². The first-order valence-corrected chi connectivity index (χ1v) is 13.3. The molecule has 0 saturated heterocycles. The van der Waals surface area contributed by atoms with Crippen molar-refractivity contribution in [3.63, 3.8) is 0 Å². The van der Waals surface area contributed by atoms with E-state index in [2.05, 4.69) is 20.8 Å². The van der Waals surface area contributed by atoms with Gasteiger partial charge in [-0.05, 0) is 55.3 Å². The van der Waals surface area contributed by atoms with E-state index < -0.39 is 6.04 Å². The highest BCUT2D eigenvalue weighted by Crippen LogP contribution is 2.26. The molecule has 0 saturated carbocycles. The number of carbonyl (C=O) groups excluding carboxylic acids is 2. The molecule has 196 valence electrons. The van der Waals surface area contributed by atoms with Crippen molar-refractivity contribution in [2.75, 3.05) is 5.32 Å². The fraction of sp³-hybridized carbons (Fsp3) is 0.241. The largest absolute Gasteiger partial charge is 0.483 e. The van der Waals surface area contributed by atoms with Gasteiger partial charge in [0.1, 0.15) is 29.4 Å². The fourth-order valence-corrected chi connectivity index (χ4v) is 4.45. The molecule has 38 heavy (non-hydrogen) atoms. The average molecular weight is 531 g/mol. The molecule has 0 aliphatic carbocycles. The summed E-state index contributed by atoms with van der Waals surface area (Å²) in [6.07, 6.45) is 1.01. The highest BCUT2D eigenvalue weighted by atomic mass is 32.1. The van der Waals surface area contributed by atoms with Crippen molar-refractivity contribution in [1.82, 2.24) is 15.5 Å². The van der Waals surface area contributed by atoms with Crippen LogP contribution in [0.2, 0.25) is 0 Å². The maximum atomic E-state index is 13.0. The number of para-hydroxylation sites is 2. The van der Waals surface area contributed by atoms with Gasteiger partial charge in [0, 0.05) is 0 Å². The van der Waals surface area contributed by atoms with Gasteiger partial charge in [0.15, 0.2) is 5.01 Å². The van der Waals surface area contributed by atoms with Gasteiger partial charge < -0.3 is 14.8 Å². The van der Waals surface area contributed by atoms with Gasteiger partial charge in [0.25, 0.3) is 0 Å². The summed E-state index contributed by atoms with van der Waals surface area (Å²) in [6.45, 7) is 3.83. The minimum Gasteiger partial charge on any atom is -0.483 e. The molecular weight excluding hydrogens is 500 g/mol. The molecule has 8 nitrogen and oxygen atoms in total. The lowest BCUT2D eigenvalue weighted by atomic mass is 10.1. The number of ether oxygens (including phenoxy) is 2. The predicted octanol–water partition coefficient (Wildman–Crippen LogP) is 5.94. The molecule has 2 amide bonds. The Bertz CT molecular complexity index is 1330. The van der Waals surface area contributed by atoms with Crippen molar-refractivity contribution in [3.8, 4) is 17.2 Å². The Morgan fingerprint density at radius 2 is 1.58 bits per heavy atom. The maximum absolute atomic E-state index is 13.0. The van der Waals surface area contributed by atoms with E-state index in [1.54, 1.807) is 0 Å². The molecule has 2 atom stereocenters. The molecule has 3 aromatic carbocycles. The van der Waals surface area contributed by atoms with Crippen molar-refractivity contribution >= 4 is 28.3 Å². The highest BCUT2D eigenvalue weighted by Gasteiger charge is 2.22. The van der Waals surface area contributed by atoms with Crippen LogP contribution in [-0.2, 0) is 16.0 Å². The first kappa shape index (κ1) is 26.8. The van der Waals surface area contributed by atoms with Crippen LogP contribution in [0.25, 0.3) is 0 Å². The third-order valence-electron chi connectivity index (χ3n) is 5.55. The number of nitrogens with one attached hydrogen (secondary N) is 2. The molecular formula is C29H30N4O4S. The number of nitrogens with zero attached hydrogens (tertiary/aromatic N) is 2. The molecule has 0 spiro atoms. The lowest BCUT2D eigenvalue weighted by Crippen LogP contribution is -2.44. The Morgan fingerprint density at radius 3 is 2.29 bits per heavy atom. The number of aromatic nitrogens is 2. The average Bonchev–Trinajstić information content (AvgIpc) is 3.38. The summed E-state index contributed by atoms with van der Waals surface area (Å²) in [4.78, 5) is 25.8. The van der Waals surface area contributed by atoms with E-state index in [1.807, 2.05) is 98.8 Å². The van der Waals surface area contributed by atoms with E-state index >= 15 is 0 Å². The number of amides is 2. The van der Waals surface area contributed by atoms with Gasteiger partial charge in [0.2, 0.25) is 16.9 Å². The molecule has 0 aliphatic heterocycles. The molecule has 4 rings (SSSR count). The van der Waals surface area contributed by atoms with E-state index in [0.29, 0.717) is 22.3 Å². The minimum atomic E-state index is -0.693. The SMILES string of the molecule is CCCC(NC(=O)Cc1cccc(Oc2ccccc2)c1)C(=O)Nc1nnc(C(C)Oc2ccccc2)s1. The molecule has 2 N–H and O–H groups in total. The zero-order valence-electron chi connectivity index (χ0n) is 21.3. The monoisotopic (exact) mass is 530 g/mol. The number of benzene rings is 3. The molecule has 0 aliphatic rings. The molecule has 0 radical (unpaired) electrons. The molecule has 0 bridgehead atoms. The summed E-state index contributed by atoms with van der Waals surface area (Å²) in [6, 6.07) is 25.5. The van der Waals surface area contributed by atoms with E-state index in [1.165, 1.54) is 11.3 Å². The second-order valence-electron chi connectivity index (χ2n) is 8.66. The fourth-order valence-electron chi connectivity index (χ4n) is 3.73. The topological polar surface area (TPSA) is 102 Å². The van der Waals surface area contributed by atoms with Crippen LogP contribution in [0.3, 0.4) is 0 Å². The van der Waals surface area contributed by atoms with Crippen molar-refractivity contribution in [3.05, 3.63) is 95.5 Å². The van der Waals surface area contributed by atoms with E-state index in [-0.39, 0.29) is 24.3 Å². The van der Waals surface area contributed by atoms with Crippen molar-refractivity contribution in [2.24, 2.45) is 0 Å². The number of carbonyl (C=O) groups is 2. The van der Waals surface area contributed by atoms with Crippen LogP contribution in [0.15, 0.2) is 84.9 Å². The molecule has 0 fully saturated rings. The number of hydrogen-bond donors (Lipinski definition) is 2. The normalized spacial score (nSPS) is 12.3. The number of anilines is 1. The Kier molecular flexibility index (Phi) is 9.42. The van der Waals surface area contributed by atoms with Crippen LogP contribution in [0, 0.1) is 0 Å². The quantitative estimate of drug-likeness (QED) is 0.235. The summed E-state index contributed by atoms with van der Waals surface area (Å²) < 4.78 is 11.7. The lowest BCUT2D eigenvalue weighted by Gasteiger charge is -2.17. The molecule has 4 aromatic rings. The Morgan fingerprint density at radius 1 is 0.895 bits per heavy atom. The van der Waals surface area contributed by atoms with Gasteiger partial charge >= 0.3 is 0 Å². The highest BCUT2D eigenvalue weighted by molar-refractivity contribution is 7.15. The Hall–Kier alpha value is -4.24. The first-order valence-electron chi connectivity index (χ1n) is 12.5. The van der Waals surface area contributed by atoms with E-state index in [4.69, 9.17) is 9.47 Å². The predicted molar refractivity (Wildman–Crippen MR) is 148 cm³/mol. The van der Waals surface area contributed by atoms with Crippen LogP contribution < -0.4 is 20.1 Å². The van der Waals surface area contributed by atoms with Gasteiger partial charge in [-0.1, -0.05) is 73.2 Å². The van der Waals surface area contributed by atoms with Crippen LogP contribution >= 0.6 is 11.3 Å². The summed E-state index contributed by atoms with van der Waals surface area (Å²) >= 11 is 1.24. The Balaban J connectivity index is 1.32. The maximum Gasteiger partial charge on any atom is 0.248 e. The molecule has 2 unspecified atom stereocenters. The third kappa shape index (κ3) is 7.88. The first-order chi connectivity index (χ1) is 18.5. The standard InChI is InChI=1S/C29H30N4O4S/c1-3-11-25(27(35)31-29-33-32-28(38-29)20(2)36-22-13-6-4-7-14-22)30-26(34)19-21-12-10-17-24(18-21)37-23-15-8-5-9-16-23/h4-10,12-18,20,25H,3,11,19H2,1-2H3,(H,30,34)(H,31,33,35). The van der Waals surface area contributed by atoms with Crippen LogP contribution in [-0.4, -0.2) is 28.1 Å². The smallest absolute Gasteiger partial charge is 0.248 e. The van der Waals surface area contributed by atoms with Gasteiger partial charge in [-0.25, -0.2) is 0 Å². The second-order valence-corrected chi connectivity index (χ2v) is 9.67. The van der Waals surface area contributed by atoms with E-state index in [9.17, 15) is 9.59 Å². The van der Waals surface area contributed by atoms with Gasteiger partial charge in [-0.15, -0.1) is 10.2 Å². The second kappa shape index (κ2) is 13.3. The summed E-state index contributed by atoms with van der Waals surface area (Å²) in [5.41, 5.74) is 0.785. The molecule has 1 aromatic heterocycles. The zero-order chi connectivity index (χ0) is 26.7. The molecule has 1 heterocycles. The third-order valence-corrected chi connectivity index (χ3v) is 6.55. The summed E-state index contributed by atoms with van der Waals surface area (Å²) in [5.74, 6) is 1.50. The van der Waals surface area contributed by atoms with Crippen molar-refractivity contribution < 1.29 is 19.1 Å². The van der Waals surface area contributed by atoms with Gasteiger partial charge in [-0.3, -0.25) is 14.9 Å². The van der Waals surface area contributed by atoms with E-state index in [0.717, 1.165) is 23.5 Å². The van der Waals surface area contributed by atoms with Crippen molar-refractivity contribution in [2.45, 2.75) is 45.3 Å². The van der Waals surface area contributed by atoms with Crippen LogP contribution in [0.5, 0.6) is 17.2 Å². The van der Waals surface area contributed by atoms with Crippen LogP contribution in [0.4, 0.5) is 5.13 Å². The number of rotatable bonds is 12. The van der Waals surface area contributed by atoms with Crippen LogP contribution in [0.1, 0.15) is 43.4 Å². The minimum absolute atomic E-state index is 0.122. The van der Waals surface area contributed by atoms with Crippen molar-refractivity contribution in [1.29, 1.82) is 0 Å². The lowest BCUT2D eigenvalue weighted by molar-refractivity contribution is -0.126.